The standard InChI is InChI=1S/C20H23FN4O/c1-15-5-8-18(25-22-11-12-23-25)13-24(15)20-4-2-3-16(20)14-26-19-9-6-17(21)7-10-19/h5-12,16,20H,2-4,13-14H2,1H3/t16-,20+/m1/s1. The molecule has 2 aliphatic rings. The Morgan fingerprint density at radius 2 is 1.88 bits per heavy atom. The van der Waals surface area contributed by atoms with Gasteiger partial charge in [0.25, 0.3) is 0 Å². The molecule has 0 radical (unpaired) electrons. The highest BCUT2D eigenvalue weighted by Crippen LogP contribution is 2.34. The second-order valence-corrected chi connectivity index (χ2v) is 6.94. The van der Waals surface area contributed by atoms with Gasteiger partial charge in [0.05, 0.1) is 31.2 Å². The average Bonchev–Trinajstić information content (AvgIpc) is 3.34. The molecular weight excluding hydrogens is 331 g/mol. The van der Waals surface area contributed by atoms with Gasteiger partial charge in [0.2, 0.25) is 0 Å². The summed E-state index contributed by atoms with van der Waals surface area (Å²) in [4.78, 5) is 4.14. The molecule has 2 heterocycles. The second kappa shape index (κ2) is 7.32. The summed E-state index contributed by atoms with van der Waals surface area (Å²) in [6, 6.07) is 6.69. The Labute approximate surface area is 152 Å². The first-order valence-electron chi connectivity index (χ1n) is 9.10. The van der Waals surface area contributed by atoms with E-state index in [9.17, 15) is 4.39 Å². The molecule has 0 bridgehead atoms. The highest BCUT2D eigenvalue weighted by atomic mass is 19.1. The summed E-state index contributed by atoms with van der Waals surface area (Å²) in [6.07, 6.45) is 11.1. The summed E-state index contributed by atoms with van der Waals surface area (Å²) < 4.78 is 19.0. The van der Waals surface area contributed by atoms with E-state index in [4.69, 9.17) is 4.74 Å². The van der Waals surface area contributed by atoms with Crippen LogP contribution in [0.25, 0.3) is 5.70 Å². The Morgan fingerprint density at radius 3 is 2.65 bits per heavy atom. The van der Waals surface area contributed by atoms with Gasteiger partial charge in [0.1, 0.15) is 11.6 Å². The van der Waals surface area contributed by atoms with Crippen molar-refractivity contribution in [2.45, 2.75) is 32.2 Å². The molecule has 136 valence electrons. The third-order valence-corrected chi connectivity index (χ3v) is 5.27. The van der Waals surface area contributed by atoms with Gasteiger partial charge in [-0.2, -0.15) is 15.0 Å². The molecule has 1 fully saturated rings. The van der Waals surface area contributed by atoms with E-state index >= 15 is 0 Å². The van der Waals surface area contributed by atoms with E-state index in [1.165, 1.54) is 24.3 Å². The summed E-state index contributed by atoms with van der Waals surface area (Å²) in [6.45, 7) is 3.61. The smallest absolute Gasteiger partial charge is 0.123 e. The predicted molar refractivity (Wildman–Crippen MR) is 97.8 cm³/mol. The molecule has 6 heteroatoms. The highest BCUT2D eigenvalue weighted by Gasteiger charge is 2.34. The second-order valence-electron chi connectivity index (χ2n) is 6.94. The van der Waals surface area contributed by atoms with E-state index in [1.807, 2.05) is 0 Å². The summed E-state index contributed by atoms with van der Waals surface area (Å²) in [5.41, 5.74) is 2.34. The van der Waals surface area contributed by atoms with Gasteiger partial charge in [0.15, 0.2) is 0 Å². The molecule has 1 aromatic heterocycles. The molecule has 0 amide bonds. The number of allylic oxidation sites excluding steroid dienone is 3. The van der Waals surface area contributed by atoms with Crippen molar-refractivity contribution in [3.63, 3.8) is 0 Å². The maximum Gasteiger partial charge on any atom is 0.123 e. The normalized spacial score (nSPS) is 22.9. The Morgan fingerprint density at radius 1 is 1.12 bits per heavy atom. The predicted octanol–water partition coefficient (Wildman–Crippen LogP) is 3.73. The van der Waals surface area contributed by atoms with Crippen LogP contribution in [0.15, 0.2) is 54.5 Å². The first-order valence-corrected chi connectivity index (χ1v) is 9.10. The van der Waals surface area contributed by atoms with Crippen molar-refractivity contribution in [3.8, 4) is 5.75 Å². The van der Waals surface area contributed by atoms with Crippen LogP contribution in [0.1, 0.15) is 26.2 Å². The van der Waals surface area contributed by atoms with Gasteiger partial charge < -0.3 is 9.64 Å². The van der Waals surface area contributed by atoms with Gasteiger partial charge in [-0.1, -0.05) is 6.42 Å². The minimum absolute atomic E-state index is 0.239. The molecule has 1 saturated carbocycles. The number of hydrogen-bond acceptors (Lipinski definition) is 4. The first kappa shape index (κ1) is 16.8. The summed E-state index contributed by atoms with van der Waals surface area (Å²) in [5.74, 6) is 0.939. The van der Waals surface area contributed by atoms with Crippen LogP contribution in [0.5, 0.6) is 5.75 Å². The third kappa shape index (κ3) is 3.49. The SMILES string of the molecule is CC1=CC=C(n2nccn2)CN1[C@H]1CCC[C@@H]1COc1ccc(F)cc1. The molecule has 0 unspecified atom stereocenters. The largest absolute Gasteiger partial charge is 0.493 e. The molecule has 0 spiro atoms. The molecule has 5 nitrogen and oxygen atoms in total. The number of benzene rings is 1. The minimum Gasteiger partial charge on any atom is -0.493 e. The zero-order valence-electron chi connectivity index (χ0n) is 14.9. The van der Waals surface area contributed by atoms with Crippen LogP contribution in [0.4, 0.5) is 4.39 Å². The van der Waals surface area contributed by atoms with E-state index in [-0.39, 0.29) is 5.82 Å². The molecule has 1 aromatic carbocycles. The third-order valence-electron chi connectivity index (χ3n) is 5.27. The fraction of sp³-hybridized carbons (Fsp3) is 0.400. The van der Waals surface area contributed by atoms with Crippen molar-refractivity contribution >= 4 is 5.70 Å². The molecule has 4 rings (SSSR count). The quantitative estimate of drug-likeness (QED) is 0.821. The van der Waals surface area contributed by atoms with Crippen molar-refractivity contribution < 1.29 is 9.13 Å². The van der Waals surface area contributed by atoms with E-state index < -0.39 is 0 Å². The van der Waals surface area contributed by atoms with Crippen LogP contribution in [-0.2, 0) is 0 Å². The molecular formula is C20H23FN4O. The molecule has 1 aliphatic heterocycles. The van der Waals surface area contributed by atoms with Gasteiger partial charge in [0, 0.05) is 17.7 Å². The van der Waals surface area contributed by atoms with Crippen molar-refractivity contribution in [1.29, 1.82) is 0 Å². The number of aromatic nitrogens is 3. The monoisotopic (exact) mass is 354 g/mol. The lowest BCUT2D eigenvalue weighted by Gasteiger charge is -2.37. The highest BCUT2D eigenvalue weighted by molar-refractivity contribution is 5.51. The number of rotatable bonds is 5. The van der Waals surface area contributed by atoms with Crippen LogP contribution < -0.4 is 4.74 Å². The molecule has 26 heavy (non-hydrogen) atoms. The minimum atomic E-state index is -0.239. The molecule has 2 atom stereocenters. The fourth-order valence-electron chi connectivity index (χ4n) is 3.89. The summed E-state index contributed by atoms with van der Waals surface area (Å²) in [7, 11) is 0. The van der Waals surface area contributed by atoms with E-state index in [0.29, 0.717) is 18.6 Å². The summed E-state index contributed by atoms with van der Waals surface area (Å²) >= 11 is 0. The zero-order chi connectivity index (χ0) is 17.9. The van der Waals surface area contributed by atoms with Crippen LogP contribution in [0.3, 0.4) is 0 Å². The van der Waals surface area contributed by atoms with Crippen molar-refractivity contribution in [2.24, 2.45) is 5.92 Å². The Bertz CT molecular complexity index is 798. The molecule has 2 aromatic rings. The first-order chi connectivity index (χ1) is 12.7. The zero-order valence-corrected chi connectivity index (χ0v) is 14.9. The number of halogens is 1. The molecule has 0 saturated heterocycles. The topological polar surface area (TPSA) is 43.2 Å². The maximum absolute atomic E-state index is 13.0. The number of nitrogens with zero attached hydrogens (tertiary/aromatic N) is 4. The number of hydrogen-bond donors (Lipinski definition) is 0. The van der Waals surface area contributed by atoms with Crippen molar-refractivity contribution in [1.82, 2.24) is 19.9 Å². The van der Waals surface area contributed by atoms with Crippen LogP contribution in [0.2, 0.25) is 0 Å². The average molecular weight is 354 g/mol. The van der Waals surface area contributed by atoms with E-state index in [2.05, 4.69) is 34.2 Å². The van der Waals surface area contributed by atoms with Gasteiger partial charge >= 0.3 is 0 Å². The maximum atomic E-state index is 13.0. The molecule has 1 aliphatic carbocycles. The number of ether oxygens (including phenoxy) is 1. The van der Waals surface area contributed by atoms with E-state index in [1.54, 1.807) is 29.3 Å². The van der Waals surface area contributed by atoms with Gasteiger partial charge in [-0.25, -0.2) is 4.39 Å². The van der Waals surface area contributed by atoms with Gasteiger partial charge in [-0.3, -0.25) is 0 Å². The van der Waals surface area contributed by atoms with Crippen molar-refractivity contribution in [2.75, 3.05) is 13.2 Å². The summed E-state index contributed by atoms with van der Waals surface area (Å²) in [5, 5.41) is 8.51. The molecule has 0 N–H and O–H groups in total. The van der Waals surface area contributed by atoms with Crippen molar-refractivity contribution in [3.05, 3.63) is 60.3 Å². The Kier molecular flexibility index (Phi) is 4.73. The van der Waals surface area contributed by atoms with Gasteiger partial charge in [-0.15, -0.1) is 0 Å². The lowest BCUT2D eigenvalue weighted by Crippen LogP contribution is -2.41. The van der Waals surface area contributed by atoms with Crippen LogP contribution in [0, 0.1) is 11.7 Å². The Balaban J connectivity index is 1.43. The lowest BCUT2D eigenvalue weighted by molar-refractivity contribution is 0.162. The van der Waals surface area contributed by atoms with Crippen LogP contribution in [-0.4, -0.2) is 39.1 Å². The van der Waals surface area contributed by atoms with Gasteiger partial charge in [-0.05, 0) is 56.2 Å². The fourth-order valence-corrected chi connectivity index (χ4v) is 3.89. The lowest BCUT2D eigenvalue weighted by atomic mass is 10.0. The Hall–Kier alpha value is -2.63. The van der Waals surface area contributed by atoms with E-state index in [0.717, 1.165) is 30.8 Å². The van der Waals surface area contributed by atoms with Crippen LogP contribution >= 0.6 is 0 Å².